The molecule has 2 N–H and O–H groups in total. The van der Waals surface area contributed by atoms with Crippen molar-refractivity contribution in [3.63, 3.8) is 0 Å². The number of hydrogen-bond donors (Lipinski definition) is 2. The van der Waals surface area contributed by atoms with Gasteiger partial charge in [-0.1, -0.05) is 41.6 Å². The van der Waals surface area contributed by atoms with Crippen molar-refractivity contribution < 1.29 is 9.90 Å². The van der Waals surface area contributed by atoms with E-state index in [1.165, 1.54) is 19.3 Å². The maximum Gasteiger partial charge on any atom is 0.217 e. The summed E-state index contributed by atoms with van der Waals surface area (Å²) >= 11 is 6.53. The van der Waals surface area contributed by atoms with Crippen molar-refractivity contribution in [1.29, 1.82) is 0 Å². The fraction of sp³-hybridized carbons (Fsp3) is 0.115. The van der Waals surface area contributed by atoms with E-state index in [4.69, 9.17) is 11.6 Å². The minimum atomic E-state index is -0.277. The predicted octanol–water partition coefficient (Wildman–Crippen LogP) is 5.33. The normalized spacial score (nSPS) is 11.4. The van der Waals surface area contributed by atoms with Crippen molar-refractivity contribution >= 4 is 45.6 Å². The maximum absolute atomic E-state index is 11.3. The number of amides is 1. The zero-order chi connectivity index (χ0) is 23.4. The molecule has 0 bridgehead atoms. The van der Waals surface area contributed by atoms with Crippen molar-refractivity contribution in [1.82, 2.24) is 15.3 Å². The molecule has 33 heavy (non-hydrogen) atoms. The summed E-state index contributed by atoms with van der Waals surface area (Å²) in [5, 5.41) is 13.8. The number of phenols is 1. The van der Waals surface area contributed by atoms with Gasteiger partial charge < -0.3 is 10.4 Å². The highest BCUT2D eigenvalue weighted by Gasteiger charge is 2.19. The van der Waals surface area contributed by atoms with E-state index >= 15 is 0 Å². The zero-order valence-corrected chi connectivity index (χ0v) is 18.8. The molecule has 0 radical (unpaired) electrons. The van der Waals surface area contributed by atoms with Crippen molar-refractivity contribution in [3.05, 3.63) is 83.6 Å². The Kier molecular flexibility index (Phi) is 6.43. The van der Waals surface area contributed by atoms with Gasteiger partial charge in [-0.25, -0.2) is 9.97 Å². The summed E-state index contributed by atoms with van der Waals surface area (Å²) in [6, 6.07) is 19.9. The summed E-state index contributed by atoms with van der Waals surface area (Å²) in [4.78, 5) is 22.2. The van der Waals surface area contributed by atoms with Gasteiger partial charge in [-0.2, -0.15) is 0 Å². The van der Waals surface area contributed by atoms with Crippen LogP contribution >= 0.6 is 11.6 Å². The number of halogens is 1. The third-order valence-corrected chi connectivity index (χ3v) is 5.17. The van der Waals surface area contributed by atoms with Crippen LogP contribution in [0.5, 0.6) is 5.75 Å². The number of nitrogens with zero attached hydrogens (tertiary/aromatic N) is 3. The summed E-state index contributed by atoms with van der Waals surface area (Å²) in [5.41, 5.74) is 3.02. The molecule has 7 heteroatoms. The number of nitrogens with one attached hydrogen (secondary N) is 1. The number of benzene rings is 3. The van der Waals surface area contributed by atoms with Crippen molar-refractivity contribution in [2.24, 2.45) is 0 Å². The molecule has 1 heterocycles. The monoisotopic (exact) mass is 456 g/mol. The molecule has 1 unspecified atom stereocenters. The lowest BCUT2D eigenvalue weighted by molar-refractivity contribution is -0.119. The molecule has 0 saturated heterocycles. The third kappa shape index (κ3) is 5.05. The van der Waals surface area contributed by atoms with Gasteiger partial charge in [-0.05, 0) is 49.4 Å². The molecular weight excluding hydrogens is 436 g/mol. The van der Waals surface area contributed by atoms with Gasteiger partial charge >= 0.3 is 0 Å². The highest BCUT2D eigenvalue weighted by Crippen LogP contribution is 2.41. The van der Waals surface area contributed by atoms with E-state index in [2.05, 4.69) is 27.1 Å². The van der Waals surface area contributed by atoms with Crippen molar-refractivity contribution in [2.75, 3.05) is 4.90 Å². The lowest BCUT2D eigenvalue weighted by atomic mass is 10.1. The molecule has 1 atom stereocenters. The van der Waals surface area contributed by atoms with E-state index in [1.807, 2.05) is 60.4 Å². The molecule has 4 rings (SSSR count). The first-order valence-corrected chi connectivity index (χ1v) is 10.7. The molecule has 3 aromatic carbocycles. The van der Waals surface area contributed by atoms with E-state index in [9.17, 15) is 9.90 Å². The van der Waals surface area contributed by atoms with Crippen LogP contribution in [0.15, 0.2) is 73.1 Å². The first-order chi connectivity index (χ1) is 15.9. The second-order valence-electron chi connectivity index (χ2n) is 7.43. The Morgan fingerprint density at radius 2 is 1.88 bits per heavy atom. The van der Waals surface area contributed by atoms with Gasteiger partial charge in [0.2, 0.25) is 5.91 Å². The number of carbonyl (C=O) groups is 1. The molecular formula is C26H21ClN4O2. The van der Waals surface area contributed by atoms with Crippen LogP contribution in [0.25, 0.3) is 10.9 Å². The Hall–Kier alpha value is -4.08. The second kappa shape index (κ2) is 9.60. The lowest BCUT2D eigenvalue weighted by Crippen LogP contribution is -2.28. The lowest BCUT2D eigenvalue weighted by Gasteiger charge is -2.26. The van der Waals surface area contributed by atoms with E-state index in [-0.39, 0.29) is 17.7 Å². The highest BCUT2D eigenvalue weighted by atomic mass is 35.5. The number of aromatic hydroxyl groups is 1. The standard InChI is InChI=1S/C26H21ClN4O2/c1-17(30-18(2)32)8-9-19-10-12-24-22(14-19)26(29-16-28-24)31(20-6-4-3-5-7-20)25-13-11-21(33)15-23(25)27/h3-7,10-17,33H,1-2H3,(H,30,32). The van der Waals surface area contributed by atoms with Gasteiger partial charge in [0.15, 0.2) is 0 Å². The summed E-state index contributed by atoms with van der Waals surface area (Å²) in [6.07, 6.45) is 1.51. The van der Waals surface area contributed by atoms with Crippen LogP contribution in [-0.4, -0.2) is 27.0 Å². The molecule has 4 aromatic rings. The summed E-state index contributed by atoms with van der Waals surface area (Å²) in [7, 11) is 0. The van der Waals surface area contributed by atoms with Crippen LogP contribution in [0.1, 0.15) is 19.4 Å². The first kappa shape index (κ1) is 22.1. The number of rotatable bonds is 4. The summed E-state index contributed by atoms with van der Waals surface area (Å²) < 4.78 is 0. The quantitative estimate of drug-likeness (QED) is 0.405. The molecule has 6 nitrogen and oxygen atoms in total. The van der Waals surface area contributed by atoms with Crippen molar-refractivity contribution in [2.45, 2.75) is 19.9 Å². The third-order valence-electron chi connectivity index (χ3n) is 4.87. The average Bonchev–Trinajstić information content (AvgIpc) is 2.79. The number of hydrogen-bond acceptors (Lipinski definition) is 5. The van der Waals surface area contributed by atoms with Gasteiger partial charge in [0.25, 0.3) is 0 Å². The Morgan fingerprint density at radius 3 is 2.61 bits per heavy atom. The summed E-state index contributed by atoms with van der Waals surface area (Å²) in [5.74, 6) is 6.72. The Balaban J connectivity index is 1.88. The van der Waals surface area contributed by atoms with Gasteiger partial charge in [0.1, 0.15) is 17.9 Å². The summed E-state index contributed by atoms with van der Waals surface area (Å²) in [6.45, 7) is 3.29. The van der Waals surface area contributed by atoms with Crippen LogP contribution in [0.2, 0.25) is 5.02 Å². The fourth-order valence-electron chi connectivity index (χ4n) is 3.46. The molecule has 0 aliphatic heterocycles. The number of aromatic nitrogens is 2. The van der Waals surface area contributed by atoms with Gasteiger partial charge in [-0.15, -0.1) is 0 Å². The number of para-hydroxylation sites is 1. The Morgan fingerprint density at radius 1 is 1.09 bits per heavy atom. The molecule has 0 aliphatic rings. The SMILES string of the molecule is CC(=O)NC(C)C#Cc1ccc2ncnc(N(c3ccccc3)c3ccc(O)cc3Cl)c2c1. The van der Waals surface area contributed by atoms with Crippen molar-refractivity contribution in [3.8, 4) is 17.6 Å². The first-order valence-electron chi connectivity index (χ1n) is 10.3. The van der Waals surface area contributed by atoms with Crippen LogP contribution in [0.3, 0.4) is 0 Å². The average molecular weight is 457 g/mol. The minimum absolute atomic E-state index is 0.0789. The molecule has 1 aromatic heterocycles. The Bertz CT molecular complexity index is 1380. The van der Waals surface area contributed by atoms with Gasteiger partial charge in [-0.3, -0.25) is 9.69 Å². The van der Waals surface area contributed by atoms with Gasteiger partial charge in [0.05, 0.1) is 22.3 Å². The molecule has 1 amide bonds. The minimum Gasteiger partial charge on any atom is -0.508 e. The molecule has 0 aliphatic carbocycles. The van der Waals surface area contributed by atoms with E-state index in [0.29, 0.717) is 16.5 Å². The number of phenolic OH excluding ortho intramolecular Hbond substituents is 1. The van der Waals surface area contributed by atoms with Crippen LogP contribution in [0.4, 0.5) is 17.2 Å². The molecule has 0 saturated carbocycles. The number of fused-ring (bicyclic) bond motifs is 1. The molecule has 164 valence electrons. The largest absolute Gasteiger partial charge is 0.508 e. The van der Waals surface area contributed by atoms with Crippen LogP contribution in [-0.2, 0) is 4.79 Å². The van der Waals surface area contributed by atoms with Crippen LogP contribution in [0, 0.1) is 11.8 Å². The Labute approximate surface area is 196 Å². The van der Waals surface area contributed by atoms with E-state index in [1.54, 1.807) is 12.1 Å². The molecule has 0 spiro atoms. The van der Waals surface area contributed by atoms with E-state index < -0.39 is 0 Å². The fourth-order valence-corrected chi connectivity index (χ4v) is 3.72. The predicted molar refractivity (Wildman–Crippen MR) is 131 cm³/mol. The number of anilines is 3. The topological polar surface area (TPSA) is 78.4 Å². The van der Waals surface area contributed by atoms with E-state index in [0.717, 1.165) is 22.2 Å². The zero-order valence-electron chi connectivity index (χ0n) is 18.1. The van der Waals surface area contributed by atoms with Gasteiger partial charge in [0, 0.05) is 29.6 Å². The smallest absolute Gasteiger partial charge is 0.217 e. The number of carbonyl (C=O) groups excluding carboxylic acids is 1. The molecule has 0 fully saturated rings. The second-order valence-corrected chi connectivity index (χ2v) is 7.83. The van der Waals surface area contributed by atoms with Crippen LogP contribution < -0.4 is 10.2 Å². The maximum atomic E-state index is 11.3. The highest BCUT2D eigenvalue weighted by molar-refractivity contribution is 6.33.